The van der Waals surface area contributed by atoms with Gasteiger partial charge in [0.25, 0.3) is 0 Å². The number of rotatable bonds is 4. The van der Waals surface area contributed by atoms with Crippen molar-refractivity contribution in [1.82, 2.24) is 0 Å². The Morgan fingerprint density at radius 3 is 2.53 bits per heavy atom. The topological polar surface area (TPSA) is 49.8 Å². The molecule has 0 spiro atoms. The van der Waals surface area contributed by atoms with E-state index in [9.17, 15) is 4.79 Å². The summed E-state index contributed by atoms with van der Waals surface area (Å²) in [5, 5.41) is 8.95. The molecule has 0 aliphatic heterocycles. The summed E-state index contributed by atoms with van der Waals surface area (Å²) in [6.45, 7) is 4.09. The molecule has 0 bridgehead atoms. The first-order chi connectivity index (χ1) is 8.93. The van der Waals surface area contributed by atoms with Crippen LogP contribution >= 0.6 is 0 Å². The summed E-state index contributed by atoms with van der Waals surface area (Å²) in [6, 6.07) is 4.48. The van der Waals surface area contributed by atoms with Crippen molar-refractivity contribution >= 4 is 11.7 Å². The van der Waals surface area contributed by atoms with Crippen LogP contribution in [0.5, 0.6) is 5.75 Å². The molecule has 2 rings (SSSR count). The summed E-state index contributed by atoms with van der Waals surface area (Å²) in [5.74, 6) is 0.00765. The molecular weight excluding hydrogens is 242 g/mol. The van der Waals surface area contributed by atoms with Crippen LogP contribution in [-0.4, -0.2) is 31.3 Å². The van der Waals surface area contributed by atoms with Crippen LogP contribution in [0, 0.1) is 19.8 Å². The summed E-state index contributed by atoms with van der Waals surface area (Å²) in [5.41, 5.74) is 3.35. The number of methoxy groups -OCH3 is 1. The number of hydrogen-bond acceptors (Lipinski definition) is 3. The summed E-state index contributed by atoms with van der Waals surface area (Å²) < 4.78 is 5.49. The van der Waals surface area contributed by atoms with E-state index in [1.54, 1.807) is 7.11 Å². The molecule has 1 aliphatic rings. The molecule has 1 aliphatic carbocycles. The second-order valence-corrected chi connectivity index (χ2v) is 5.41. The van der Waals surface area contributed by atoms with Gasteiger partial charge in [-0.15, -0.1) is 0 Å². The number of aliphatic carboxylic acids is 1. The van der Waals surface area contributed by atoms with Gasteiger partial charge in [0.05, 0.1) is 18.7 Å². The lowest BCUT2D eigenvalue weighted by Crippen LogP contribution is -2.45. The van der Waals surface area contributed by atoms with Crippen LogP contribution in [0.25, 0.3) is 0 Å². The molecule has 0 amide bonds. The van der Waals surface area contributed by atoms with Crippen molar-refractivity contribution in [3.8, 4) is 5.75 Å². The number of aryl methyl sites for hydroxylation is 2. The smallest absolute Gasteiger partial charge is 0.306 e. The van der Waals surface area contributed by atoms with E-state index in [1.807, 2.05) is 14.0 Å². The van der Waals surface area contributed by atoms with Gasteiger partial charge in [0.2, 0.25) is 0 Å². The molecule has 104 valence electrons. The van der Waals surface area contributed by atoms with Gasteiger partial charge < -0.3 is 14.7 Å². The van der Waals surface area contributed by atoms with E-state index in [0.717, 1.165) is 17.0 Å². The lowest BCUT2D eigenvalue weighted by molar-refractivity contribution is -0.145. The Morgan fingerprint density at radius 2 is 2.00 bits per heavy atom. The zero-order valence-corrected chi connectivity index (χ0v) is 11.9. The average Bonchev–Trinajstić information content (AvgIpc) is 2.25. The molecule has 1 saturated carbocycles. The van der Waals surface area contributed by atoms with E-state index in [4.69, 9.17) is 9.84 Å². The fourth-order valence-electron chi connectivity index (χ4n) is 2.76. The Hall–Kier alpha value is -1.71. The van der Waals surface area contributed by atoms with Crippen LogP contribution in [0.1, 0.15) is 24.0 Å². The van der Waals surface area contributed by atoms with Gasteiger partial charge in [-0.2, -0.15) is 0 Å². The lowest BCUT2D eigenvalue weighted by Gasteiger charge is -2.41. The fourth-order valence-corrected chi connectivity index (χ4v) is 2.76. The number of anilines is 1. The number of carboxylic acid groups (broad SMARTS) is 1. The minimum atomic E-state index is -0.683. The van der Waals surface area contributed by atoms with Gasteiger partial charge in [0, 0.05) is 13.1 Å². The highest BCUT2D eigenvalue weighted by molar-refractivity contribution is 5.72. The molecule has 0 aromatic heterocycles. The Balaban J connectivity index is 2.20. The minimum Gasteiger partial charge on any atom is -0.494 e. The first-order valence-corrected chi connectivity index (χ1v) is 6.55. The first kappa shape index (κ1) is 13.7. The molecule has 0 heterocycles. The molecule has 4 nitrogen and oxygen atoms in total. The first-order valence-electron chi connectivity index (χ1n) is 6.55. The lowest BCUT2D eigenvalue weighted by atomic mass is 9.79. The molecule has 0 unspecified atom stereocenters. The third-order valence-electron chi connectivity index (χ3n) is 3.99. The summed E-state index contributed by atoms with van der Waals surface area (Å²) in [7, 11) is 3.69. The molecule has 0 atom stereocenters. The Morgan fingerprint density at radius 1 is 1.37 bits per heavy atom. The maximum Gasteiger partial charge on any atom is 0.306 e. The summed E-state index contributed by atoms with van der Waals surface area (Å²) in [6.07, 6.45) is 1.42. The molecule has 1 fully saturated rings. The Kier molecular flexibility index (Phi) is 3.69. The van der Waals surface area contributed by atoms with Crippen LogP contribution in [-0.2, 0) is 4.79 Å². The average molecular weight is 263 g/mol. The van der Waals surface area contributed by atoms with E-state index in [0.29, 0.717) is 12.8 Å². The van der Waals surface area contributed by atoms with Crippen molar-refractivity contribution in [2.45, 2.75) is 32.7 Å². The second kappa shape index (κ2) is 5.11. The van der Waals surface area contributed by atoms with Crippen molar-refractivity contribution in [2.24, 2.45) is 5.92 Å². The molecule has 1 aromatic carbocycles. The number of ether oxygens (including phenoxy) is 1. The van der Waals surface area contributed by atoms with Gasteiger partial charge in [-0.25, -0.2) is 0 Å². The van der Waals surface area contributed by atoms with Crippen molar-refractivity contribution < 1.29 is 14.6 Å². The highest BCUT2D eigenvalue weighted by atomic mass is 16.5. The maximum atomic E-state index is 10.9. The van der Waals surface area contributed by atoms with Crippen LogP contribution in [0.3, 0.4) is 0 Å². The second-order valence-electron chi connectivity index (χ2n) is 5.41. The Labute approximate surface area is 114 Å². The fraction of sp³-hybridized carbons (Fsp3) is 0.533. The van der Waals surface area contributed by atoms with Crippen LogP contribution in [0.2, 0.25) is 0 Å². The minimum absolute atomic E-state index is 0.190. The van der Waals surface area contributed by atoms with E-state index in [1.165, 1.54) is 5.56 Å². The van der Waals surface area contributed by atoms with Crippen LogP contribution in [0.4, 0.5) is 5.69 Å². The van der Waals surface area contributed by atoms with Gasteiger partial charge in [0.15, 0.2) is 0 Å². The quantitative estimate of drug-likeness (QED) is 0.907. The molecule has 0 saturated heterocycles. The normalized spacial score (nSPS) is 21.7. The van der Waals surface area contributed by atoms with E-state index >= 15 is 0 Å². The van der Waals surface area contributed by atoms with E-state index < -0.39 is 5.97 Å². The Bertz CT molecular complexity index is 492. The van der Waals surface area contributed by atoms with Crippen molar-refractivity contribution in [3.63, 3.8) is 0 Å². The van der Waals surface area contributed by atoms with E-state index in [-0.39, 0.29) is 12.0 Å². The highest BCUT2D eigenvalue weighted by Gasteiger charge is 2.37. The largest absolute Gasteiger partial charge is 0.494 e. The van der Waals surface area contributed by atoms with E-state index in [2.05, 4.69) is 24.0 Å². The van der Waals surface area contributed by atoms with Crippen LogP contribution in [0.15, 0.2) is 12.1 Å². The number of nitrogens with zero attached hydrogens (tertiary/aromatic N) is 1. The number of hydrogen-bond donors (Lipinski definition) is 1. The third-order valence-corrected chi connectivity index (χ3v) is 3.99. The SMILES string of the molecule is COc1c(C)cc(C)cc1N(C)C1CC(C(=O)O)C1. The predicted molar refractivity (Wildman–Crippen MR) is 75.0 cm³/mol. The molecule has 19 heavy (non-hydrogen) atoms. The maximum absolute atomic E-state index is 10.9. The molecule has 0 radical (unpaired) electrons. The van der Waals surface area contributed by atoms with Gasteiger partial charge in [0.1, 0.15) is 5.75 Å². The number of benzene rings is 1. The van der Waals surface area contributed by atoms with Gasteiger partial charge in [-0.3, -0.25) is 4.79 Å². The van der Waals surface area contributed by atoms with Crippen molar-refractivity contribution in [3.05, 3.63) is 23.3 Å². The molecular formula is C15H21NO3. The number of carboxylic acids is 1. The monoisotopic (exact) mass is 263 g/mol. The summed E-state index contributed by atoms with van der Waals surface area (Å²) in [4.78, 5) is 13.0. The van der Waals surface area contributed by atoms with Gasteiger partial charge >= 0.3 is 5.97 Å². The molecule has 1 aromatic rings. The summed E-state index contributed by atoms with van der Waals surface area (Å²) >= 11 is 0. The van der Waals surface area contributed by atoms with Crippen LogP contribution < -0.4 is 9.64 Å². The predicted octanol–water partition coefficient (Wildman–Crippen LogP) is 2.61. The van der Waals surface area contributed by atoms with Crippen molar-refractivity contribution in [1.29, 1.82) is 0 Å². The van der Waals surface area contributed by atoms with Crippen molar-refractivity contribution in [2.75, 3.05) is 19.1 Å². The van der Waals surface area contributed by atoms with Gasteiger partial charge in [-0.1, -0.05) is 6.07 Å². The zero-order chi connectivity index (χ0) is 14.2. The molecule has 1 N–H and O–H groups in total. The molecule has 4 heteroatoms. The third kappa shape index (κ3) is 2.53. The highest BCUT2D eigenvalue weighted by Crippen LogP contribution is 2.39. The zero-order valence-electron chi connectivity index (χ0n) is 11.9. The number of carbonyl (C=O) groups is 1. The van der Waals surface area contributed by atoms with Gasteiger partial charge in [-0.05, 0) is 43.9 Å². The standard InChI is InChI=1S/C15H21NO3/c1-9-5-10(2)14(19-4)13(6-9)16(3)12-7-11(8-12)15(17)18/h5-6,11-12H,7-8H2,1-4H3,(H,17,18).